The molecule has 0 fully saturated rings. The van der Waals surface area contributed by atoms with Crippen molar-refractivity contribution in [2.24, 2.45) is 0 Å². The average molecular weight is 223 g/mol. The van der Waals surface area contributed by atoms with E-state index in [0.29, 0.717) is 11.2 Å². The number of aryl methyl sites for hydroxylation is 1. The predicted octanol–water partition coefficient (Wildman–Crippen LogP) is 1.87. The van der Waals surface area contributed by atoms with Crippen LogP contribution < -0.4 is 5.73 Å². The Morgan fingerprint density at radius 2 is 2.13 bits per heavy atom. The van der Waals surface area contributed by atoms with Gasteiger partial charge in [-0.25, -0.2) is 4.98 Å². The van der Waals surface area contributed by atoms with E-state index < -0.39 is 0 Å². The van der Waals surface area contributed by atoms with E-state index >= 15 is 0 Å². The molecule has 0 aliphatic rings. The van der Waals surface area contributed by atoms with Gasteiger partial charge in [0.15, 0.2) is 11.0 Å². The third kappa shape index (κ3) is 1.72. The van der Waals surface area contributed by atoms with E-state index in [1.807, 2.05) is 12.3 Å². The Bertz CT molecular complexity index is 471. The third-order valence-corrected chi connectivity index (χ3v) is 2.81. The van der Waals surface area contributed by atoms with Gasteiger partial charge in [0.05, 0.1) is 0 Å². The molecule has 0 aliphatic heterocycles. The summed E-state index contributed by atoms with van der Waals surface area (Å²) in [5.41, 5.74) is 6.40. The molecule has 80 valence electrons. The number of hydrogen-bond acceptors (Lipinski definition) is 5. The standard InChI is InChI=1S/C9H13N5S/c1-5(2)14-6(3)12-13-8(14)7-4-15-9(10)11-7/h4-5H,1-3H3,(H2,10,11). The molecule has 0 atom stereocenters. The van der Waals surface area contributed by atoms with Crippen LogP contribution in [0, 0.1) is 6.92 Å². The first-order valence-electron chi connectivity index (χ1n) is 4.72. The summed E-state index contributed by atoms with van der Waals surface area (Å²) in [5.74, 6) is 1.68. The molecular formula is C9H13N5S. The highest BCUT2D eigenvalue weighted by molar-refractivity contribution is 7.13. The first-order valence-corrected chi connectivity index (χ1v) is 5.60. The lowest BCUT2D eigenvalue weighted by molar-refractivity contribution is 0.587. The summed E-state index contributed by atoms with van der Waals surface area (Å²) < 4.78 is 2.05. The first kappa shape index (κ1) is 10.1. The van der Waals surface area contributed by atoms with Gasteiger partial charge in [-0.1, -0.05) is 0 Å². The summed E-state index contributed by atoms with van der Waals surface area (Å²) in [7, 11) is 0. The van der Waals surface area contributed by atoms with Crippen LogP contribution in [0.15, 0.2) is 5.38 Å². The molecule has 5 nitrogen and oxygen atoms in total. The van der Waals surface area contributed by atoms with Crippen LogP contribution in [-0.2, 0) is 0 Å². The highest BCUT2D eigenvalue weighted by atomic mass is 32.1. The maximum atomic E-state index is 5.60. The second-order valence-corrected chi connectivity index (χ2v) is 4.50. The largest absolute Gasteiger partial charge is 0.375 e. The van der Waals surface area contributed by atoms with Crippen LogP contribution in [0.1, 0.15) is 25.7 Å². The lowest BCUT2D eigenvalue weighted by atomic mass is 10.3. The molecule has 6 heteroatoms. The lowest BCUT2D eigenvalue weighted by Gasteiger charge is -2.10. The van der Waals surface area contributed by atoms with Gasteiger partial charge in [-0.15, -0.1) is 21.5 Å². The minimum atomic E-state index is 0.318. The van der Waals surface area contributed by atoms with Crippen molar-refractivity contribution >= 4 is 16.5 Å². The number of aromatic nitrogens is 4. The molecule has 0 unspecified atom stereocenters. The van der Waals surface area contributed by atoms with Crippen molar-refractivity contribution in [3.8, 4) is 11.5 Å². The van der Waals surface area contributed by atoms with Crippen LogP contribution in [0.2, 0.25) is 0 Å². The van der Waals surface area contributed by atoms with Crippen LogP contribution in [0.4, 0.5) is 5.13 Å². The Balaban J connectivity index is 2.53. The van der Waals surface area contributed by atoms with Crippen molar-refractivity contribution in [1.82, 2.24) is 19.7 Å². The van der Waals surface area contributed by atoms with E-state index in [0.717, 1.165) is 17.3 Å². The first-order chi connectivity index (χ1) is 7.09. The fourth-order valence-corrected chi connectivity index (χ4v) is 2.09. The van der Waals surface area contributed by atoms with Crippen molar-refractivity contribution in [3.05, 3.63) is 11.2 Å². The highest BCUT2D eigenvalue weighted by Gasteiger charge is 2.15. The van der Waals surface area contributed by atoms with Crippen LogP contribution in [0.25, 0.3) is 11.5 Å². The molecule has 0 bridgehead atoms. The number of nitrogen functional groups attached to an aromatic ring is 1. The third-order valence-electron chi connectivity index (χ3n) is 2.13. The summed E-state index contributed by atoms with van der Waals surface area (Å²) >= 11 is 1.41. The number of thiazole rings is 1. The van der Waals surface area contributed by atoms with E-state index in [1.54, 1.807) is 0 Å². The minimum Gasteiger partial charge on any atom is -0.375 e. The second-order valence-electron chi connectivity index (χ2n) is 3.61. The van der Waals surface area contributed by atoms with Crippen LogP contribution in [0.5, 0.6) is 0 Å². The van der Waals surface area contributed by atoms with Gasteiger partial charge in [0.1, 0.15) is 11.5 Å². The topological polar surface area (TPSA) is 69.6 Å². The minimum absolute atomic E-state index is 0.318. The van der Waals surface area contributed by atoms with Crippen LogP contribution in [0.3, 0.4) is 0 Å². The van der Waals surface area contributed by atoms with Gasteiger partial charge in [-0.2, -0.15) is 0 Å². The fraction of sp³-hybridized carbons (Fsp3) is 0.444. The molecule has 0 amide bonds. The maximum absolute atomic E-state index is 5.60. The maximum Gasteiger partial charge on any atom is 0.183 e. The van der Waals surface area contributed by atoms with Gasteiger partial charge in [-0.05, 0) is 20.8 Å². The van der Waals surface area contributed by atoms with Crippen molar-refractivity contribution in [2.45, 2.75) is 26.8 Å². The fourth-order valence-electron chi connectivity index (χ4n) is 1.55. The van der Waals surface area contributed by atoms with Gasteiger partial charge in [-0.3, -0.25) is 0 Å². The summed E-state index contributed by atoms with van der Waals surface area (Å²) in [4.78, 5) is 4.21. The van der Waals surface area contributed by atoms with E-state index in [-0.39, 0.29) is 0 Å². The smallest absolute Gasteiger partial charge is 0.183 e. The molecule has 0 aliphatic carbocycles. The lowest BCUT2D eigenvalue weighted by Crippen LogP contribution is -2.05. The van der Waals surface area contributed by atoms with E-state index in [4.69, 9.17) is 5.73 Å². The molecule has 0 spiro atoms. The van der Waals surface area contributed by atoms with Crippen molar-refractivity contribution in [3.63, 3.8) is 0 Å². The zero-order valence-corrected chi connectivity index (χ0v) is 9.75. The van der Waals surface area contributed by atoms with E-state index in [2.05, 4.69) is 33.6 Å². The van der Waals surface area contributed by atoms with Crippen molar-refractivity contribution in [2.75, 3.05) is 5.73 Å². The number of anilines is 1. The zero-order chi connectivity index (χ0) is 11.0. The van der Waals surface area contributed by atoms with Gasteiger partial charge in [0.2, 0.25) is 0 Å². The summed E-state index contributed by atoms with van der Waals surface area (Å²) in [6.07, 6.45) is 0. The number of nitrogens with two attached hydrogens (primary N) is 1. The molecule has 0 saturated heterocycles. The quantitative estimate of drug-likeness (QED) is 0.843. The summed E-state index contributed by atoms with van der Waals surface area (Å²) in [6, 6.07) is 0.318. The van der Waals surface area contributed by atoms with E-state index in [9.17, 15) is 0 Å². The Morgan fingerprint density at radius 1 is 1.40 bits per heavy atom. The second kappa shape index (κ2) is 3.62. The Hall–Kier alpha value is -1.43. The van der Waals surface area contributed by atoms with Crippen LogP contribution in [-0.4, -0.2) is 19.7 Å². The van der Waals surface area contributed by atoms with Crippen LogP contribution >= 0.6 is 11.3 Å². The number of rotatable bonds is 2. The predicted molar refractivity (Wildman–Crippen MR) is 60.7 cm³/mol. The Morgan fingerprint density at radius 3 is 2.67 bits per heavy atom. The molecule has 0 saturated carbocycles. The molecule has 2 rings (SSSR count). The van der Waals surface area contributed by atoms with Crippen molar-refractivity contribution in [1.29, 1.82) is 0 Å². The van der Waals surface area contributed by atoms with Gasteiger partial charge in [0.25, 0.3) is 0 Å². The molecule has 2 N–H and O–H groups in total. The molecule has 2 heterocycles. The average Bonchev–Trinajstić information content (AvgIpc) is 2.71. The van der Waals surface area contributed by atoms with Gasteiger partial charge < -0.3 is 10.3 Å². The number of hydrogen-bond donors (Lipinski definition) is 1. The highest BCUT2D eigenvalue weighted by Crippen LogP contribution is 2.24. The number of nitrogens with zero attached hydrogens (tertiary/aromatic N) is 4. The zero-order valence-electron chi connectivity index (χ0n) is 8.93. The molecule has 2 aromatic heterocycles. The Labute approximate surface area is 92.0 Å². The van der Waals surface area contributed by atoms with Gasteiger partial charge in [0, 0.05) is 11.4 Å². The monoisotopic (exact) mass is 223 g/mol. The Kier molecular flexibility index (Phi) is 2.44. The molecule has 0 aromatic carbocycles. The molecule has 0 radical (unpaired) electrons. The SMILES string of the molecule is Cc1nnc(-c2csc(N)n2)n1C(C)C. The normalized spacial score (nSPS) is 11.2. The summed E-state index contributed by atoms with van der Waals surface area (Å²) in [5, 5.41) is 10.6. The van der Waals surface area contributed by atoms with E-state index in [1.165, 1.54) is 11.3 Å². The van der Waals surface area contributed by atoms with Gasteiger partial charge >= 0.3 is 0 Å². The molecular weight excluding hydrogens is 210 g/mol. The molecule has 15 heavy (non-hydrogen) atoms. The molecule has 2 aromatic rings. The summed E-state index contributed by atoms with van der Waals surface area (Å²) in [6.45, 7) is 6.12. The van der Waals surface area contributed by atoms with Crippen molar-refractivity contribution < 1.29 is 0 Å².